The molecule has 0 saturated heterocycles. The summed E-state index contributed by atoms with van der Waals surface area (Å²) in [6, 6.07) is 16.3. The molecular weight excluding hydrogens is 348 g/mol. The van der Waals surface area contributed by atoms with Crippen LogP contribution in [0.3, 0.4) is 0 Å². The fourth-order valence-corrected chi connectivity index (χ4v) is 2.72. The van der Waals surface area contributed by atoms with Crippen LogP contribution in [0, 0.1) is 5.92 Å². The molecular formula is C21H22O6. The predicted octanol–water partition coefficient (Wildman–Crippen LogP) is 3.79. The van der Waals surface area contributed by atoms with Crippen LogP contribution >= 0.6 is 0 Å². The number of aliphatic carboxylic acids is 2. The van der Waals surface area contributed by atoms with Gasteiger partial charge in [-0.3, -0.25) is 14.4 Å². The van der Waals surface area contributed by atoms with Crippen molar-refractivity contribution >= 4 is 17.7 Å². The van der Waals surface area contributed by atoms with E-state index in [2.05, 4.69) is 0 Å². The first-order valence-electron chi connectivity index (χ1n) is 8.70. The largest absolute Gasteiger partial charge is 0.489 e. The average molecular weight is 370 g/mol. The molecule has 0 atom stereocenters. The molecule has 0 aliphatic heterocycles. The van der Waals surface area contributed by atoms with Crippen LogP contribution in [0.15, 0.2) is 54.6 Å². The minimum Gasteiger partial charge on any atom is -0.489 e. The van der Waals surface area contributed by atoms with E-state index in [9.17, 15) is 14.4 Å². The zero-order valence-electron chi connectivity index (χ0n) is 14.8. The van der Waals surface area contributed by atoms with E-state index in [4.69, 9.17) is 14.9 Å². The van der Waals surface area contributed by atoms with Gasteiger partial charge in [0.25, 0.3) is 0 Å². The molecule has 0 fully saturated rings. The smallest absolute Gasteiger partial charge is 0.303 e. The van der Waals surface area contributed by atoms with Gasteiger partial charge in [-0.25, -0.2) is 0 Å². The number of carboxylic acids is 2. The van der Waals surface area contributed by atoms with Crippen LogP contribution in [0.2, 0.25) is 0 Å². The fraction of sp³-hybridized carbons (Fsp3) is 0.286. The standard InChI is InChI=1S/C21H22O6/c22-19(23)11-9-16(10-12-20(24)25)21(26)17-7-4-8-18(13-17)27-14-15-5-2-1-3-6-15/h1-8,13,16H,9-12,14H2,(H,22,23)(H,24,25). The molecule has 0 radical (unpaired) electrons. The molecule has 2 rings (SSSR count). The lowest BCUT2D eigenvalue weighted by atomic mass is 9.89. The molecule has 0 bridgehead atoms. The van der Waals surface area contributed by atoms with Crippen molar-refractivity contribution in [3.05, 3.63) is 65.7 Å². The summed E-state index contributed by atoms with van der Waals surface area (Å²) in [5.74, 6) is -2.41. The zero-order chi connectivity index (χ0) is 19.6. The summed E-state index contributed by atoms with van der Waals surface area (Å²) in [4.78, 5) is 34.4. The minimum atomic E-state index is -1.01. The molecule has 2 N–H and O–H groups in total. The Morgan fingerprint density at radius 2 is 1.48 bits per heavy atom. The maximum Gasteiger partial charge on any atom is 0.303 e. The van der Waals surface area contributed by atoms with Crippen LogP contribution in [-0.4, -0.2) is 27.9 Å². The van der Waals surface area contributed by atoms with E-state index in [1.807, 2.05) is 30.3 Å². The molecule has 27 heavy (non-hydrogen) atoms. The van der Waals surface area contributed by atoms with Crippen molar-refractivity contribution in [2.45, 2.75) is 32.3 Å². The first-order valence-corrected chi connectivity index (χ1v) is 8.70. The quantitative estimate of drug-likeness (QED) is 0.584. The highest BCUT2D eigenvalue weighted by atomic mass is 16.5. The molecule has 6 nitrogen and oxygen atoms in total. The summed E-state index contributed by atoms with van der Waals surface area (Å²) >= 11 is 0. The monoisotopic (exact) mass is 370 g/mol. The Morgan fingerprint density at radius 1 is 0.852 bits per heavy atom. The van der Waals surface area contributed by atoms with Gasteiger partial charge < -0.3 is 14.9 Å². The van der Waals surface area contributed by atoms with Gasteiger partial charge in [0.1, 0.15) is 12.4 Å². The Labute approximate surface area is 157 Å². The summed E-state index contributed by atoms with van der Waals surface area (Å²) in [7, 11) is 0. The van der Waals surface area contributed by atoms with Crippen molar-refractivity contribution in [1.82, 2.24) is 0 Å². The van der Waals surface area contributed by atoms with Crippen molar-refractivity contribution in [2.24, 2.45) is 5.92 Å². The SMILES string of the molecule is O=C(O)CCC(CCC(=O)O)C(=O)c1cccc(OCc2ccccc2)c1. The molecule has 0 aliphatic carbocycles. The van der Waals surface area contributed by atoms with E-state index in [1.165, 1.54) is 0 Å². The minimum absolute atomic E-state index is 0.108. The van der Waals surface area contributed by atoms with Crippen molar-refractivity contribution in [1.29, 1.82) is 0 Å². The molecule has 0 spiro atoms. The lowest BCUT2D eigenvalue weighted by Crippen LogP contribution is -2.18. The van der Waals surface area contributed by atoms with Crippen LogP contribution < -0.4 is 4.74 Å². The highest BCUT2D eigenvalue weighted by Gasteiger charge is 2.22. The number of benzene rings is 2. The lowest BCUT2D eigenvalue weighted by Gasteiger charge is -2.15. The third-order valence-corrected chi connectivity index (χ3v) is 4.15. The van der Waals surface area contributed by atoms with E-state index in [1.54, 1.807) is 24.3 Å². The van der Waals surface area contributed by atoms with Crippen LogP contribution in [0.25, 0.3) is 0 Å². The van der Waals surface area contributed by atoms with E-state index in [-0.39, 0.29) is 31.5 Å². The van der Waals surface area contributed by atoms with Crippen molar-refractivity contribution in [3.63, 3.8) is 0 Å². The highest BCUT2D eigenvalue weighted by molar-refractivity contribution is 5.98. The summed E-state index contributed by atoms with van der Waals surface area (Å²) in [5, 5.41) is 17.7. The first kappa shape index (κ1) is 20.2. The molecule has 0 heterocycles. The van der Waals surface area contributed by atoms with Gasteiger partial charge in [0.15, 0.2) is 5.78 Å². The van der Waals surface area contributed by atoms with Crippen LogP contribution in [-0.2, 0) is 16.2 Å². The molecule has 0 saturated carbocycles. The summed E-state index contributed by atoms with van der Waals surface area (Å²) in [5.41, 5.74) is 1.39. The maximum atomic E-state index is 12.8. The molecule has 142 valence electrons. The molecule has 2 aromatic carbocycles. The van der Waals surface area contributed by atoms with Crippen LogP contribution in [0.1, 0.15) is 41.6 Å². The van der Waals surface area contributed by atoms with Crippen LogP contribution in [0.4, 0.5) is 0 Å². The number of ketones is 1. The van der Waals surface area contributed by atoms with Crippen molar-refractivity contribution < 1.29 is 29.3 Å². The Morgan fingerprint density at radius 3 is 2.07 bits per heavy atom. The van der Waals surface area contributed by atoms with E-state index < -0.39 is 17.9 Å². The van der Waals surface area contributed by atoms with Gasteiger partial charge in [-0.15, -0.1) is 0 Å². The zero-order valence-corrected chi connectivity index (χ0v) is 14.8. The molecule has 0 unspecified atom stereocenters. The Hall–Kier alpha value is -3.15. The molecule has 0 amide bonds. The third kappa shape index (κ3) is 6.93. The van der Waals surface area contributed by atoms with E-state index in [0.29, 0.717) is 17.9 Å². The molecule has 0 aromatic heterocycles. The van der Waals surface area contributed by atoms with Gasteiger partial charge in [0, 0.05) is 24.3 Å². The van der Waals surface area contributed by atoms with Gasteiger partial charge in [-0.05, 0) is 30.5 Å². The Balaban J connectivity index is 2.07. The first-order chi connectivity index (χ1) is 13.0. The summed E-state index contributed by atoms with van der Waals surface area (Å²) in [6.07, 6.45) is -0.145. The van der Waals surface area contributed by atoms with Gasteiger partial charge in [0.05, 0.1) is 0 Å². The van der Waals surface area contributed by atoms with Gasteiger partial charge in [-0.2, -0.15) is 0 Å². The summed E-state index contributed by atoms with van der Waals surface area (Å²) in [6.45, 7) is 0.361. The van der Waals surface area contributed by atoms with Gasteiger partial charge >= 0.3 is 11.9 Å². The highest BCUT2D eigenvalue weighted by Crippen LogP contribution is 2.23. The second-order valence-corrected chi connectivity index (χ2v) is 6.23. The normalized spacial score (nSPS) is 10.6. The Kier molecular flexibility index (Phi) is 7.55. The average Bonchev–Trinajstić information content (AvgIpc) is 2.66. The number of carbonyl (C=O) groups is 3. The number of hydrogen-bond donors (Lipinski definition) is 2. The summed E-state index contributed by atoms with van der Waals surface area (Å²) < 4.78 is 5.72. The lowest BCUT2D eigenvalue weighted by molar-refractivity contribution is -0.137. The number of hydrogen-bond acceptors (Lipinski definition) is 4. The maximum absolute atomic E-state index is 12.8. The van der Waals surface area contributed by atoms with E-state index in [0.717, 1.165) is 5.56 Å². The topological polar surface area (TPSA) is 101 Å². The second-order valence-electron chi connectivity index (χ2n) is 6.23. The van der Waals surface area contributed by atoms with Crippen molar-refractivity contribution in [3.8, 4) is 5.75 Å². The van der Waals surface area contributed by atoms with E-state index >= 15 is 0 Å². The van der Waals surface area contributed by atoms with Crippen LogP contribution in [0.5, 0.6) is 5.75 Å². The number of ether oxygens (including phenoxy) is 1. The number of carboxylic acid groups (broad SMARTS) is 2. The molecule has 6 heteroatoms. The molecule has 2 aromatic rings. The number of carbonyl (C=O) groups excluding carboxylic acids is 1. The third-order valence-electron chi connectivity index (χ3n) is 4.15. The van der Waals surface area contributed by atoms with Gasteiger partial charge in [0.2, 0.25) is 0 Å². The number of rotatable bonds is 11. The van der Waals surface area contributed by atoms with Gasteiger partial charge in [-0.1, -0.05) is 42.5 Å². The number of Topliss-reactive ketones (excluding diaryl/α,β-unsaturated/α-hetero) is 1. The fourth-order valence-electron chi connectivity index (χ4n) is 2.72. The van der Waals surface area contributed by atoms with Crippen molar-refractivity contribution in [2.75, 3.05) is 0 Å². The second kappa shape index (κ2) is 10.1. The Bertz CT molecular complexity index is 766. The predicted molar refractivity (Wildman–Crippen MR) is 98.8 cm³/mol. The molecule has 0 aliphatic rings.